The molecule has 1 atom stereocenters. The standard InChI is InChI=1S/C28H27BrFN3O2/c1-34-26-16-21(29)15-23-25-17-24(20-7-9-22(30)10-8-20)31-33(25)28(35-27(23)26)11-13-32(14-12-28)18-19-5-3-2-4-6-19/h2-10,15-16,25H,11-14,17-18H2,1H3/t25-/m0/s1. The summed E-state index contributed by atoms with van der Waals surface area (Å²) in [6.07, 6.45) is 2.39. The molecule has 0 amide bonds. The predicted octanol–water partition coefficient (Wildman–Crippen LogP) is 6.13. The Labute approximate surface area is 213 Å². The summed E-state index contributed by atoms with van der Waals surface area (Å²) in [7, 11) is 1.68. The van der Waals surface area contributed by atoms with Crippen LogP contribution in [0.5, 0.6) is 11.5 Å². The van der Waals surface area contributed by atoms with Crippen molar-refractivity contribution >= 4 is 21.6 Å². The molecular weight excluding hydrogens is 509 g/mol. The fourth-order valence-electron chi connectivity index (χ4n) is 5.51. The maximum Gasteiger partial charge on any atom is 0.200 e. The van der Waals surface area contributed by atoms with Crippen molar-refractivity contribution in [2.24, 2.45) is 5.10 Å². The van der Waals surface area contributed by atoms with Crippen molar-refractivity contribution in [2.75, 3.05) is 20.2 Å². The molecule has 1 spiro atoms. The lowest BCUT2D eigenvalue weighted by atomic mass is 9.90. The molecule has 3 aromatic carbocycles. The lowest BCUT2D eigenvalue weighted by molar-refractivity contribution is -0.151. The molecule has 6 rings (SSSR count). The first kappa shape index (κ1) is 22.6. The van der Waals surface area contributed by atoms with E-state index in [2.05, 4.69) is 62.2 Å². The van der Waals surface area contributed by atoms with Gasteiger partial charge in [0, 0.05) is 48.9 Å². The number of hydrogen-bond donors (Lipinski definition) is 0. The molecule has 0 aliphatic carbocycles. The molecule has 7 heteroatoms. The second kappa shape index (κ2) is 8.95. The highest BCUT2D eigenvalue weighted by Crippen LogP contribution is 2.53. The number of ether oxygens (including phenoxy) is 2. The summed E-state index contributed by atoms with van der Waals surface area (Å²) >= 11 is 3.63. The number of hydrogen-bond acceptors (Lipinski definition) is 5. The van der Waals surface area contributed by atoms with E-state index in [1.165, 1.54) is 17.7 Å². The predicted molar refractivity (Wildman–Crippen MR) is 137 cm³/mol. The van der Waals surface area contributed by atoms with Gasteiger partial charge in [0.25, 0.3) is 0 Å². The zero-order valence-electron chi connectivity index (χ0n) is 19.6. The molecule has 3 heterocycles. The van der Waals surface area contributed by atoms with Crippen LogP contribution in [0.15, 0.2) is 76.3 Å². The summed E-state index contributed by atoms with van der Waals surface area (Å²) in [6.45, 7) is 2.75. The SMILES string of the molecule is COc1cc(Br)cc2c1OC1(CCN(Cc3ccccc3)CC1)N1N=C(c3ccc(F)cc3)C[C@@H]21. The van der Waals surface area contributed by atoms with Crippen LogP contribution in [0.3, 0.4) is 0 Å². The molecular formula is C28H27BrFN3O2. The van der Waals surface area contributed by atoms with Gasteiger partial charge in [0.1, 0.15) is 5.82 Å². The van der Waals surface area contributed by atoms with Crippen molar-refractivity contribution < 1.29 is 13.9 Å². The number of benzene rings is 3. The van der Waals surface area contributed by atoms with E-state index in [0.29, 0.717) is 0 Å². The summed E-state index contributed by atoms with van der Waals surface area (Å²) in [5.74, 6) is 1.30. The fraction of sp³-hybridized carbons (Fsp3) is 0.321. The number of hydrazone groups is 1. The van der Waals surface area contributed by atoms with Gasteiger partial charge in [0.2, 0.25) is 5.72 Å². The first-order chi connectivity index (χ1) is 17.0. The monoisotopic (exact) mass is 535 g/mol. The second-order valence-corrected chi connectivity index (χ2v) is 10.4. The van der Waals surface area contributed by atoms with Gasteiger partial charge in [-0.1, -0.05) is 58.4 Å². The summed E-state index contributed by atoms with van der Waals surface area (Å²) in [6, 6.07) is 21.3. The zero-order valence-corrected chi connectivity index (χ0v) is 21.2. The number of halogens is 2. The maximum atomic E-state index is 13.6. The lowest BCUT2D eigenvalue weighted by Crippen LogP contribution is -2.59. The van der Waals surface area contributed by atoms with Gasteiger partial charge in [-0.15, -0.1) is 0 Å². The summed E-state index contributed by atoms with van der Waals surface area (Å²) < 4.78 is 27.1. The Morgan fingerprint density at radius 1 is 1.09 bits per heavy atom. The minimum absolute atomic E-state index is 0.0332. The third-order valence-electron chi connectivity index (χ3n) is 7.31. The number of fused-ring (bicyclic) bond motifs is 4. The Bertz CT molecular complexity index is 1260. The third kappa shape index (κ3) is 4.10. The van der Waals surface area contributed by atoms with Crippen molar-refractivity contribution in [3.05, 3.63) is 93.7 Å². The van der Waals surface area contributed by atoms with Crippen LogP contribution in [-0.2, 0) is 6.54 Å². The minimum Gasteiger partial charge on any atom is -0.493 e. The Morgan fingerprint density at radius 2 is 1.83 bits per heavy atom. The lowest BCUT2D eigenvalue weighted by Gasteiger charge is -2.51. The summed E-state index contributed by atoms with van der Waals surface area (Å²) in [5, 5.41) is 7.29. The highest BCUT2D eigenvalue weighted by atomic mass is 79.9. The first-order valence-corrected chi connectivity index (χ1v) is 12.8. The largest absolute Gasteiger partial charge is 0.493 e. The average Bonchev–Trinajstić information content (AvgIpc) is 3.34. The van der Waals surface area contributed by atoms with Crippen LogP contribution in [0, 0.1) is 5.82 Å². The number of rotatable bonds is 4. The number of nitrogens with zero attached hydrogens (tertiary/aromatic N) is 3. The van der Waals surface area contributed by atoms with E-state index in [1.54, 1.807) is 7.11 Å². The molecule has 5 nitrogen and oxygen atoms in total. The summed E-state index contributed by atoms with van der Waals surface area (Å²) in [5.41, 5.74) is 3.74. The Kier molecular flexibility index (Phi) is 5.77. The Balaban J connectivity index is 1.34. The topological polar surface area (TPSA) is 37.3 Å². The van der Waals surface area contributed by atoms with Gasteiger partial charge in [-0.25, -0.2) is 9.40 Å². The molecule has 1 fully saturated rings. The molecule has 3 aliphatic heterocycles. The van der Waals surface area contributed by atoms with Gasteiger partial charge in [0.15, 0.2) is 11.5 Å². The molecule has 0 saturated carbocycles. The van der Waals surface area contributed by atoms with Crippen LogP contribution in [0.1, 0.15) is 42.0 Å². The quantitative estimate of drug-likeness (QED) is 0.402. The van der Waals surface area contributed by atoms with Gasteiger partial charge < -0.3 is 9.47 Å². The van der Waals surface area contributed by atoms with E-state index in [1.807, 2.05) is 18.2 Å². The first-order valence-electron chi connectivity index (χ1n) is 12.0. The van der Waals surface area contributed by atoms with Gasteiger partial charge in [-0.3, -0.25) is 4.90 Å². The Morgan fingerprint density at radius 3 is 2.54 bits per heavy atom. The van der Waals surface area contributed by atoms with E-state index >= 15 is 0 Å². The van der Waals surface area contributed by atoms with E-state index < -0.39 is 5.72 Å². The molecule has 1 saturated heterocycles. The van der Waals surface area contributed by atoms with Gasteiger partial charge in [-0.2, -0.15) is 5.10 Å². The molecule has 3 aromatic rings. The van der Waals surface area contributed by atoms with E-state index in [0.717, 1.165) is 71.7 Å². The van der Waals surface area contributed by atoms with E-state index in [4.69, 9.17) is 14.6 Å². The highest BCUT2D eigenvalue weighted by Gasteiger charge is 2.52. The Hall–Kier alpha value is -2.90. The van der Waals surface area contributed by atoms with Gasteiger partial charge in [0.05, 0.1) is 18.9 Å². The number of piperidine rings is 1. The van der Waals surface area contributed by atoms with Crippen LogP contribution >= 0.6 is 15.9 Å². The minimum atomic E-state index is -0.548. The smallest absolute Gasteiger partial charge is 0.200 e. The van der Waals surface area contributed by atoms with Gasteiger partial charge in [-0.05, 0) is 35.4 Å². The van der Waals surface area contributed by atoms with Crippen molar-refractivity contribution in [3.8, 4) is 11.5 Å². The van der Waals surface area contributed by atoms with Crippen molar-refractivity contribution in [1.29, 1.82) is 0 Å². The zero-order chi connectivity index (χ0) is 24.0. The van der Waals surface area contributed by atoms with Crippen molar-refractivity contribution in [2.45, 2.75) is 37.6 Å². The number of methoxy groups -OCH3 is 1. The van der Waals surface area contributed by atoms with Crippen LogP contribution in [0.4, 0.5) is 4.39 Å². The second-order valence-electron chi connectivity index (χ2n) is 9.45. The van der Waals surface area contributed by atoms with Crippen LogP contribution in [0.25, 0.3) is 0 Å². The molecule has 35 heavy (non-hydrogen) atoms. The summed E-state index contributed by atoms with van der Waals surface area (Å²) in [4.78, 5) is 2.48. The van der Waals surface area contributed by atoms with Crippen LogP contribution in [0.2, 0.25) is 0 Å². The molecule has 3 aliphatic rings. The van der Waals surface area contributed by atoms with Crippen LogP contribution in [-0.4, -0.2) is 41.5 Å². The molecule has 0 bridgehead atoms. The third-order valence-corrected chi connectivity index (χ3v) is 7.77. The molecule has 0 aromatic heterocycles. The van der Waals surface area contributed by atoms with Crippen LogP contribution < -0.4 is 9.47 Å². The highest BCUT2D eigenvalue weighted by molar-refractivity contribution is 9.10. The normalized spacial score (nSPS) is 20.7. The molecule has 0 N–H and O–H groups in total. The van der Waals surface area contributed by atoms with Gasteiger partial charge >= 0.3 is 0 Å². The molecule has 180 valence electrons. The van der Waals surface area contributed by atoms with E-state index in [-0.39, 0.29) is 11.9 Å². The van der Waals surface area contributed by atoms with E-state index in [9.17, 15) is 4.39 Å². The van der Waals surface area contributed by atoms with Crippen molar-refractivity contribution in [1.82, 2.24) is 9.91 Å². The maximum absolute atomic E-state index is 13.6. The molecule has 0 radical (unpaired) electrons. The average molecular weight is 536 g/mol. The fourth-order valence-corrected chi connectivity index (χ4v) is 5.97. The van der Waals surface area contributed by atoms with Crippen molar-refractivity contribution in [3.63, 3.8) is 0 Å². The number of likely N-dealkylation sites (tertiary alicyclic amines) is 1. The molecule has 0 unspecified atom stereocenters.